The number of sulfone groups is 1. The number of aromatic nitrogens is 4. The number of hydrogen-bond acceptors (Lipinski definition) is 6. The Bertz CT molecular complexity index is 753. The highest BCUT2D eigenvalue weighted by Gasteiger charge is 2.32. The Kier molecular flexibility index (Phi) is 2.97. The molecule has 0 bridgehead atoms. The summed E-state index contributed by atoms with van der Waals surface area (Å²) in [6.07, 6.45) is 0.550. The average Bonchev–Trinajstić information content (AvgIpc) is 2.95. The van der Waals surface area contributed by atoms with E-state index in [9.17, 15) is 8.42 Å². The Hall–Kier alpha value is -1.96. The third-order valence-electron chi connectivity index (χ3n) is 3.54. The van der Waals surface area contributed by atoms with Crippen molar-refractivity contribution in [3.8, 4) is 11.4 Å². The van der Waals surface area contributed by atoms with Gasteiger partial charge < -0.3 is 5.73 Å². The van der Waals surface area contributed by atoms with E-state index in [0.717, 1.165) is 11.1 Å². The SMILES string of the molecule is Cc1cc(N)ccc1-c1nnnn1C1CCS(=O)(=O)C1. The number of nitrogen functional groups attached to an aromatic ring is 1. The van der Waals surface area contributed by atoms with E-state index in [1.807, 2.05) is 19.1 Å². The molecule has 2 N–H and O–H groups in total. The summed E-state index contributed by atoms with van der Waals surface area (Å²) >= 11 is 0. The van der Waals surface area contributed by atoms with Crippen LogP contribution in [0.25, 0.3) is 11.4 Å². The van der Waals surface area contributed by atoms with Crippen molar-refractivity contribution >= 4 is 15.5 Å². The molecule has 1 aliphatic heterocycles. The van der Waals surface area contributed by atoms with Crippen LogP contribution in [0.4, 0.5) is 5.69 Å². The van der Waals surface area contributed by atoms with Gasteiger partial charge in [0.2, 0.25) is 0 Å². The standard InChI is InChI=1S/C12H15N5O2S/c1-8-6-9(13)2-3-11(8)12-14-15-16-17(12)10-4-5-20(18,19)7-10/h2-3,6,10H,4-5,7,13H2,1H3. The molecule has 1 atom stereocenters. The maximum atomic E-state index is 11.6. The van der Waals surface area contributed by atoms with Crippen LogP contribution < -0.4 is 5.73 Å². The zero-order valence-electron chi connectivity index (χ0n) is 11.0. The summed E-state index contributed by atoms with van der Waals surface area (Å²) in [5.74, 6) is 0.876. The lowest BCUT2D eigenvalue weighted by molar-refractivity contribution is 0.489. The van der Waals surface area contributed by atoms with Crippen LogP contribution in [0.2, 0.25) is 0 Å². The first-order valence-corrected chi connectivity index (χ1v) is 8.13. The van der Waals surface area contributed by atoms with E-state index in [1.165, 1.54) is 0 Å². The lowest BCUT2D eigenvalue weighted by Crippen LogP contribution is -2.14. The molecule has 106 valence electrons. The smallest absolute Gasteiger partial charge is 0.182 e. The average molecular weight is 293 g/mol. The summed E-state index contributed by atoms with van der Waals surface area (Å²) in [6.45, 7) is 1.93. The number of aryl methyl sites for hydroxylation is 1. The zero-order chi connectivity index (χ0) is 14.3. The van der Waals surface area contributed by atoms with Crippen LogP contribution >= 0.6 is 0 Å². The van der Waals surface area contributed by atoms with Gasteiger partial charge in [-0.2, -0.15) is 0 Å². The van der Waals surface area contributed by atoms with Gasteiger partial charge in [0.1, 0.15) is 0 Å². The molecule has 0 radical (unpaired) electrons. The van der Waals surface area contributed by atoms with Crippen molar-refractivity contribution in [3.05, 3.63) is 23.8 Å². The highest BCUT2D eigenvalue weighted by atomic mass is 32.2. The maximum Gasteiger partial charge on any atom is 0.182 e. The zero-order valence-corrected chi connectivity index (χ0v) is 11.8. The molecule has 1 saturated heterocycles. The molecule has 8 heteroatoms. The fraction of sp³-hybridized carbons (Fsp3) is 0.417. The van der Waals surface area contributed by atoms with Crippen LogP contribution in [0, 0.1) is 6.92 Å². The van der Waals surface area contributed by atoms with Crippen LogP contribution in [0.15, 0.2) is 18.2 Å². The lowest BCUT2D eigenvalue weighted by atomic mass is 10.1. The molecule has 0 aliphatic carbocycles. The van der Waals surface area contributed by atoms with Crippen molar-refractivity contribution in [2.24, 2.45) is 0 Å². The van der Waals surface area contributed by atoms with E-state index in [-0.39, 0.29) is 17.5 Å². The van der Waals surface area contributed by atoms with E-state index in [1.54, 1.807) is 10.7 Å². The first-order valence-electron chi connectivity index (χ1n) is 6.31. The van der Waals surface area contributed by atoms with Gasteiger partial charge in [-0.1, -0.05) is 0 Å². The number of tetrazole rings is 1. The highest BCUT2D eigenvalue weighted by molar-refractivity contribution is 7.91. The molecule has 20 heavy (non-hydrogen) atoms. The second-order valence-corrected chi connectivity index (χ2v) is 7.31. The number of nitrogens with zero attached hydrogens (tertiary/aromatic N) is 4. The van der Waals surface area contributed by atoms with E-state index in [0.29, 0.717) is 17.9 Å². The minimum absolute atomic E-state index is 0.0963. The summed E-state index contributed by atoms with van der Waals surface area (Å²) < 4.78 is 24.8. The van der Waals surface area contributed by atoms with Gasteiger partial charge in [-0.25, -0.2) is 13.1 Å². The number of hydrogen-bond donors (Lipinski definition) is 1. The number of benzene rings is 1. The molecule has 1 aromatic carbocycles. The highest BCUT2D eigenvalue weighted by Crippen LogP contribution is 2.29. The van der Waals surface area contributed by atoms with Crippen molar-refractivity contribution < 1.29 is 8.42 Å². The van der Waals surface area contributed by atoms with Crippen LogP contribution in [0.1, 0.15) is 18.0 Å². The van der Waals surface area contributed by atoms with Crippen LogP contribution in [-0.4, -0.2) is 40.1 Å². The molecule has 1 aromatic heterocycles. The molecule has 0 amide bonds. The second kappa shape index (κ2) is 4.55. The van der Waals surface area contributed by atoms with E-state index in [4.69, 9.17) is 5.73 Å². The molecule has 0 spiro atoms. The monoisotopic (exact) mass is 293 g/mol. The lowest BCUT2D eigenvalue weighted by Gasteiger charge is -2.12. The van der Waals surface area contributed by atoms with Crippen LogP contribution in [-0.2, 0) is 9.84 Å². The third kappa shape index (κ3) is 2.26. The molecule has 1 fully saturated rings. The number of anilines is 1. The fourth-order valence-corrected chi connectivity index (χ4v) is 4.21. The Balaban J connectivity index is 2.02. The predicted octanol–water partition coefficient (Wildman–Crippen LogP) is 0.590. The second-order valence-electron chi connectivity index (χ2n) is 5.08. The quantitative estimate of drug-likeness (QED) is 0.813. The Morgan fingerprint density at radius 3 is 2.85 bits per heavy atom. The number of nitrogens with two attached hydrogens (primary N) is 1. The van der Waals surface area contributed by atoms with Gasteiger partial charge in [-0.15, -0.1) is 5.10 Å². The topological polar surface area (TPSA) is 104 Å². The minimum Gasteiger partial charge on any atom is -0.399 e. The van der Waals surface area contributed by atoms with Crippen molar-refractivity contribution in [1.82, 2.24) is 20.2 Å². The molecular formula is C12H15N5O2S. The van der Waals surface area contributed by atoms with Crippen molar-refractivity contribution in [2.75, 3.05) is 17.2 Å². The van der Waals surface area contributed by atoms with Gasteiger partial charge in [0.15, 0.2) is 15.7 Å². The molecule has 1 unspecified atom stereocenters. The van der Waals surface area contributed by atoms with Gasteiger partial charge in [-0.05, 0) is 47.5 Å². The van der Waals surface area contributed by atoms with Gasteiger partial charge in [0.25, 0.3) is 0 Å². The van der Waals surface area contributed by atoms with E-state index < -0.39 is 9.84 Å². The molecule has 3 rings (SSSR count). The van der Waals surface area contributed by atoms with Crippen molar-refractivity contribution in [3.63, 3.8) is 0 Å². The van der Waals surface area contributed by atoms with Gasteiger partial charge in [-0.3, -0.25) is 0 Å². The normalized spacial score (nSPS) is 21.1. The largest absolute Gasteiger partial charge is 0.399 e. The third-order valence-corrected chi connectivity index (χ3v) is 5.29. The molecule has 7 nitrogen and oxygen atoms in total. The molecular weight excluding hydrogens is 278 g/mol. The minimum atomic E-state index is -2.97. The molecule has 2 aromatic rings. The maximum absolute atomic E-state index is 11.6. The fourth-order valence-electron chi connectivity index (χ4n) is 2.52. The first kappa shape index (κ1) is 13.0. The van der Waals surface area contributed by atoms with Gasteiger partial charge >= 0.3 is 0 Å². The van der Waals surface area contributed by atoms with Gasteiger partial charge in [0.05, 0.1) is 17.5 Å². The summed E-state index contributed by atoms with van der Waals surface area (Å²) in [6, 6.07) is 5.30. The Morgan fingerprint density at radius 1 is 1.40 bits per heavy atom. The Morgan fingerprint density at radius 2 is 2.20 bits per heavy atom. The summed E-state index contributed by atoms with van der Waals surface area (Å²) in [5.41, 5.74) is 8.24. The van der Waals surface area contributed by atoms with Crippen LogP contribution in [0.5, 0.6) is 0 Å². The van der Waals surface area contributed by atoms with Crippen molar-refractivity contribution in [2.45, 2.75) is 19.4 Å². The summed E-state index contributed by atoms with van der Waals surface area (Å²) in [7, 11) is -2.97. The van der Waals surface area contributed by atoms with Crippen molar-refractivity contribution in [1.29, 1.82) is 0 Å². The number of rotatable bonds is 2. The summed E-state index contributed by atoms with van der Waals surface area (Å²) in [4.78, 5) is 0. The molecule has 0 saturated carbocycles. The molecule has 1 aliphatic rings. The predicted molar refractivity (Wildman–Crippen MR) is 74.7 cm³/mol. The Labute approximate surface area is 116 Å². The van der Waals surface area contributed by atoms with Gasteiger partial charge in [0, 0.05) is 11.3 Å². The van der Waals surface area contributed by atoms with E-state index >= 15 is 0 Å². The van der Waals surface area contributed by atoms with Crippen LogP contribution in [0.3, 0.4) is 0 Å². The first-order chi connectivity index (χ1) is 9.46. The van der Waals surface area contributed by atoms with E-state index in [2.05, 4.69) is 15.5 Å². The summed E-state index contributed by atoms with van der Waals surface area (Å²) in [5, 5.41) is 11.7. The molecule has 2 heterocycles.